The molecule has 0 saturated carbocycles. The summed E-state index contributed by atoms with van der Waals surface area (Å²) in [6.07, 6.45) is 0. The molecule has 0 saturated heterocycles. The van der Waals surface area contributed by atoms with Gasteiger partial charge < -0.3 is 15.5 Å². The van der Waals surface area contributed by atoms with Gasteiger partial charge in [-0.2, -0.15) is 0 Å². The van der Waals surface area contributed by atoms with Crippen molar-refractivity contribution in [2.75, 3.05) is 29.1 Å². The molecule has 0 bridgehead atoms. The molecular formula is C20H25N3O2. The first-order chi connectivity index (χ1) is 11.8. The van der Waals surface area contributed by atoms with E-state index < -0.39 is 0 Å². The Morgan fingerprint density at radius 3 is 2.08 bits per heavy atom. The first-order valence-corrected chi connectivity index (χ1v) is 8.24. The second-order valence-electron chi connectivity index (χ2n) is 6.30. The van der Waals surface area contributed by atoms with Gasteiger partial charge in [0.15, 0.2) is 0 Å². The summed E-state index contributed by atoms with van der Waals surface area (Å²) >= 11 is 0. The van der Waals surface area contributed by atoms with E-state index in [0.717, 1.165) is 22.5 Å². The Balaban J connectivity index is 1.96. The summed E-state index contributed by atoms with van der Waals surface area (Å²) in [5.74, 6) is -0.156. The van der Waals surface area contributed by atoms with E-state index in [1.165, 1.54) is 12.5 Å². The smallest absolute Gasteiger partial charge is 0.243 e. The first kappa shape index (κ1) is 18.5. The summed E-state index contributed by atoms with van der Waals surface area (Å²) in [5.41, 5.74) is 5.95. The van der Waals surface area contributed by atoms with Crippen LogP contribution < -0.4 is 15.5 Å². The second kappa shape index (κ2) is 7.83. The number of nitrogens with one attached hydrogen (secondary N) is 2. The quantitative estimate of drug-likeness (QED) is 0.874. The predicted molar refractivity (Wildman–Crippen MR) is 103 cm³/mol. The number of carbonyl (C=O) groups is 2. The molecule has 0 heterocycles. The lowest BCUT2D eigenvalue weighted by Gasteiger charge is -2.16. The van der Waals surface area contributed by atoms with Crippen molar-refractivity contribution >= 4 is 28.9 Å². The third-order valence-corrected chi connectivity index (χ3v) is 4.11. The number of aryl methyl sites for hydroxylation is 3. The molecule has 5 heteroatoms. The van der Waals surface area contributed by atoms with Crippen LogP contribution in [0.2, 0.25) is 0 Å². The Kier molecular flexibility index (Phi) is 5.80. The van der Waals surface area contributed by atoms with E-state index in [4.69, 9.17) is 0 Å². The molecule has 5 nitrogen and oxygen atoms in total. The van der Waals surface area contributed by atoms with Crippen molar-refractivity contribution in [3.8, 4) is 0 Å². The predicted octanol–water partition coefficient (Wildman–Crippen LogP) is 3.65. The highest BCUT2D eigenvalue weighted by Crippen LogP contribution is 2.22. The highest BCUT2D eigenvalue weighted by atomic mass is 16.2. The van der Waals surface area contributed by atoms with Crippen LogP contribution >= 0.6 is 0 Å². The van der Waals surface area contributed by atoms with Gasteiger partial charge in [0.2, 0.25) is 11.8 Å². The molecule has 0 fully saturated rings. The number of carbonyl (C=O) groups excluding carboxylic acids is 2. The largest absolute Gasteiger partial charge is 0.376 e. The molecule has 0 atom stereocenters. The van der Waals surface area contributed by atoms with Gasteiger partial charge in [-0.25, -0.2) is 0 Å². The Morgan fingerprint density at radius 2 is 1.56 bits per heavy atom. The monoisotopic (exact) mass is 339 g/mol. The van der Waals surface area contributed by atoms with E-state index in [9.17, 15) is 9.59 Å². The van der Waals surface area contributed by atoms with Crippen LogP contribution in [0.5, 0.6) is 0 Å². The molecule has 25 heavy (non-hydrogen) atoms. The molecule has 0 aliphatic heterocycles. The van der Waals surface area contributed by atoms with Crippen LogP contribution in [-0.2, 0) is 9.59 Å². The van der Waals surface area contributed by atoms with Crippen LogP contribution in [0, 0.1) is 20.8 Å². The van der Waals surface area contributed by atoms with Crippen LogP contribution in [0.1, 0.15) is 23.6 Å². The van der Waals surface area contributed by atoms with Gasteiger partial charge in [0.05, 0.1) is 6.54 Å². The Labute approximate surface area is 149 Å². The number of benzene rings is 2. The fraction of sp³-hybridized carbons (Fsp3) is 0.300. The van der Waals surface area contributed by atoms with Crippen LogP contribution in [0.4, 0.5) is 17.1 Å². The zero-order valence-corrected chi connectivity index (χ0v) is 15.4. The molecule has 2 aromatic rings. The number of anilines is 3. The van der Waals surface area contributed by atoms with Gasteiger partial charge in [0.1, 0.15) is 0 Å². The van der Waals surface area contributed by atoms with Crippen molar-refractivity contribution in [1.29, 1.82) is 0 Å². The van der Waals surface area contributed by atoms with Crippen molar-refractivity contribution in [2.45, 2.75) is 27.7 Å². The molecule has 2 rings (SSSR count). The molecule has 0 aliphatic rings. The lowest BCUT2D eigenvalue weighted by atomic mass is 10.1. The van der Waals surface area contributed by atoms with Gasteiger partial charge in [-0.05, 0) is 56.2 Å². The van der Waals surface area contributed by atoms with Crippen molar-refractivity contribution in [2.24, 2.45) is 0 Å². The summed E-state index contributed by atoms with van der Waals surface area (Å²) in [5, 5.41) is 6.06. The van der Waals surface area contributed by atoms with Crippen LogP contribution in [0.15, 0.2) is 36.4 Å². The maximum absolute atomic E-state index is 12.2. The van der Waals surface area contributed by atoms with Gasteiger partial charge in [-0.15, -0.1) is 0 Å². The number of nitrogens with zero attached hydrogens (tertiary/aromatic N) is 1. The number of hydrogen-bond acceptors (Lipinski definition) is 3. The minimum Gasteiger partial charge on any atom is -0.376 e. The van der Waals surface area contributed by atoms with Crippen molar-refractivity contribution in [3.63, 3.8) is 0 Å². The van der Waals surface area contributed by atoms with Crippen LogP contribution in [0.3, 0.4) is 0 Å². The normalized spacial score (nSPS) is 10.3. The van der Waals surface area contributed by atoms with Gasteiger partial charge >= 0.3 is 0 Å². The molecule has 0 aliphatic carbocycles. The van der Waals surface area contributed by atoms with Gasteiger partial charge in [0.25, 0.3) is 0 Å². The molecule has 0 spiro atoms. The van der Waals surface area contributed by atoms with Gasteiger partial charge in [0, 0.05) is 31.0 Å². The zero-order chi connectivity index (χ0) is 18.6. The molecule has 2 amide bonds. The minimum atomic E-state index is -0.118. The molecule has 0 unspecified atom stereocenters. The third-order valence-electron chi connectivity index (χ3n) is 4.11. The van der Waals surface area contributed by atoms with E-state index in [-0.39, 0.29) is 18.4 Å². The summed E-state index contributed by atoms with van der Waals surface area (Å²) in [4.78, 5) is 25.1. The average molecular weight is 339 g/mol. The van der Waals surface area contributed by atoms with E-state index in [0.29, 0.717) is 5.69 Å². The fourth-order valence-corrected chi connectivity index (χ4v) is 2.78. The number of rotatable bonds is 5. The van der Waals surface area contributed by atoms with Crippen LogP contribution in [0.25, 0.3) is 0 Å². The summed E-state index contributed by atoms with van der Waals surface area (Å²) in [6.45, 7) is 7.83. The molecular weight excluding hydrogens is 314 g/mol. The van der Waals surface area contributed by atoms with Crippen molar-refractivity contribution in [3.05, 3.63) is 53.1 Å². The topological polar surface area (TPSA) is 61.4 Å². The lowest BCUT2D eigenvalue weighted by Crippen LogP contribution is -2.23. The molecule has 132 valence electrons. The maximum atomic E-state index is 12.2. The zero-order valence-electron chi connectivity index (χ0n) is 15.4. The standard InChI is InChI=1S/C20H25N3O2/c1-13-10-14(2)20(15(3)11-13)21-12-19(25)22-17-6-8-18(9-7-17)23(5)16(4)24/h6-11,21H,12H2,1-5H3,(H,22,25). The van der Waals surface area contributed by atoms with E-state index in [1.54, 1.807) is 36.2 Å². The molecule has 0 aromatic heterocycles. The van der Waals surface area contributed by atoms with Crippen molar-refractivity contribution in [1.82, 2.24) is 0 Å². The Morgan fingerprint density at radius 1 is 1.00 bits per heavy atom. The first-order valence-electron chi connectivity index (χ1n) is 8.24. The summed E-state index contributed by atoms with van der Waals surface area (Å²) < 4.78 is 0. The van der Waals surface area contributed by atoms with E-state index in [2.05, 4.69) is 29.7 Å². The SMILES string of the molecule is CC(=O)N(C)c1ccc(NC(=O)CNc2c(C)cc(C)cc2C)cc1. The molecule has 2 aromatic carbocycles. The number of hydrogen-bond donors (Lipinski definition) is 2. The summed E-state index contributed by atoms with van der Waals surface area (Å²) in [6, 6.07) is 11.4. The molecule has 2 N–H and O–H groups in total. The maximum Gasteiger partial charge on any atom is 0.243 e. The van der Waals surface area contributed by atoms with E-state index >= 15 is 0 Å². The highest BCUT2D eigenvalue weighted by molar-refractivity contribution is 5.95. The average Bonchev–Trinajstić information content (AvgIpc) is 2.53. The van der Waals surface area contributed by atoms with Crippen molar-refractivity contribution < 1.29 is 9.59 Å². The Bertz CT molecular complexity index is 759. The van der Waals surface area contributed by atoms with Gasteiger partial charge in [-0.1, -0.05) is 17.7 Å². The molecule has 0 radical (unpaired) electrons. The summed E-state index contributed by atoms with van der Waals surface area (Å²) in [7, 11) is 1.71. The lowest BCUT2D eigenvalue weighted by molar-refractivity contribution is -0.116. The minimum absolute atomic E-state index is 0.0372. The van der Waals surface area contributed by atoms with Crippen LogP contribution in [-0.4, -0.2) is 25.4 Å². The van der Waals surface area contributed by atoms with Gasteiger partial charge in [-0.3, -0.25) is 9.59 Å². The Hall–Kier alpha value is -2.82. The van der Waals surface area contributed by atoms with E-state index in [1.807, 2.05) is 13.8 Å². The number of amides is 2. The third kappa shape index (κ3) is 4.83. The fourth-order valence-electron chi connectivity index (χ4n) is 2.78. The second-order valence-corrected chi connectivity index (χ2v) is 6.30. The highest BCUT2D eigenvalue weighted by Gasteiger charge is 2.08.